The second kappa shape index (κ2) is 8.17. The molecular formula is C20H15N3O6. The van der Waals surface area contributed by atoms with E-state index in [4.69, 9.17) is 4.74 Å². The normalized spacial score (nSPS) is 15.2. The molecule has 1 aliphatic rings. The SMILES string of the molecule is C=CCOc1cccc(/C=C2/C(=O)NC(=O)N(c3cccc([N+](=O)[O-])c3)C2=O)c1. The summed E-state index contributed by atoms with van der Waals surface area (Å²) in [6.07, 6.45) is 2.89. The molecule has 3 rings (SSSR count). The van der Waals surface area contributed by atoms with E-state index < -0.39 is 22.8 Å². The first-order valence-electron chi connectivity index (χ1n) is 8.40. The van der Waals surface area contributed by atoms with Crippen LogP contribution in [0.2, 0.25) is 0 Å². The van der Waals surface area contributed by atoms with Crippen LogP contribution in [0.15, 0.2) is 66.8 Å². The molecule has 0 unspecified atom stereocenters. The van der Waals surface area contributed by atoms with Crippen LogP contribution in [0.4, 0.5) is 16.2 Å². The Bertz CT molecular complexity index is 1060. The van der Waals surface area contributed by atoms with E-state index in [0.717, 1.165) is 6.07 Å². The number of amides is 4. The third kappa shape index (κ3) is 4.19. The topological polar surface area (TPSA) is 119 Å². The molecule has 0 bridgehead atoms. The Labute approximate surface area is 165 Å². The number of non-ortho nitro benzene ring substituents is 1. The summed E-state index contributed by atoms with van der Waals surface area (Å²) in [5, 5.41) is 13.1. The molecule has 9 nitrogen and oxygen atoms in total. The number of ether oxygens (including phenoxy) is 1. The molecule has 1 heterocycles. The minimum Gasteiger partial charge on any atom is -0.490 e. The average Bonchev–Trinajstić information content (AvgIpc) is 2.70. The van der Waals surface area contributed by atoms with Gasteiger partial charge in [0.15, 0.2) is 0 Å². The molecule has 2 aromatic carbocycles. The van der Waals surface area contributed by atoms with Crippen molar-refractivity contribution in [2.24, 2.45) is 0 Å². The number of nitro groups is 1. The van der Waals surface area contributed by atoms with Crippen LogP contribution in [0.25, 0.3) is 6.08 Å². The Morgan fingerprint density at radius 3 is 2.62 bits per heavy atom. The predicted octanol–water partition coefficient (Wildman–Crippen LogP) is 2.83. The largest absolute Gasteiger partial charge is 0.490 e. The quantitative estimate of drug-likeness (QED) is 0.265. The van der Waals surface area contributed by atoms with Gasteiger partial charge in [0, 0.05) is 12.1 Å². The van der Waals surface area contributed by atoms with Gasteiger partial charge in [-0.3, -0.25) is 25.0 Å². The van der Waals surface area contributed by atoms with Crippen LogP contribution >= 0.6 is 0 Å². The lowest BCUT2D eigenvalue weighted by molar-refractivity contribution is -0.384. The zero-order valence-electron chi connectivity index (χ0n) is 15.0. The zero-order valence-corrected chi connectivity index (χ0v) is 15.0. The second-order valence-corrected chi connectivity index (χ2v) is 5.91. The van der Waals surface area contributed by atoms with Crippen LogP contribution < -0.4 is 15.0 Å². The summed E-state index contributed by atoms with van der Waals surface area (Å²) in [6, 6.07) is 10.7. The fourth-order valence-corrected chi connectivity index (χ4v) is 2.65. The Morgan fingerprint density at radius 1 is 1.14 bits per heavy atom. The number of nitrogens with one attached hydrogen (secondary N) is 1. The molecule has 0 spiro atoms. The zero-order chi connectivity index (χ0) is 21.0. The van der Waals surface area contributed by atoms with E-state index in [2.05, 4.69) is 11.9 Å². The Kier molecular flexibility index (Phi) is 5.49. The first kappa shape index (κ1) is 19.5. The highest BCUT2D eigenvalue weighted by Gasteiger charge is 2.37. The van der Waals surface area contributed by atoms with Crippen molar-refractivity contribution >= 4 is 35.3 Å². The fourth-order valence-electron chi connectivity index (χ4n) is 2.65. The van der Waals surface area contributed by atoms with E-state index in [-0.39, 0.29) is 23.6 Å². The average molecular weight is 393 g/mol. The van der Waals surface area contributed by atoms with Crippen molar-refractivity contribution in [1.82, 2.24) is 5.32 Å². The van der Waals surface area contributed by atoms with E-state index in [0.29, 0.717) is 16.2 Å². The number of hydrogen-bond donors (Lipinski definition) is 1. The summed E-state index contributed by atoms with van der Waals surface area (Å²) in [7, 11) is 0. The molecule has 1 aliphatic heterocycles. The summed E-state index contributed by atoms with van der Waals surface area (Å²) in [6.45, 7) is 3.85. The van der Waals surface area contributed by atoms with Gasteiger partial charge in [-0.1, -0.05) is 30.9 Å². The summed E-state index contributed by atoms with van der Waals surface area (Å²) < 4.78 is 5.42. The number of nitro benzene ring substituents is 1. The van der Waals surface area contributed by atoms with Gasteiger partial charge in [0.2, 0.25) is 0 Å². The van der Waals surface area contributed by atoms with Crippen LogP contribution in [0, 0.1) is 10.1 Å². The van der Waals surface area contributed by atoms with Crippen molar-refractivity contribution in [3.8, 4) is 5.75 Å². The molecule has 29 heavy (non-hydrogen) atoms. The van der Waals surface area contributed by atoms with Crippen molar-refractivity contribution < 1.29 is 24.0 Å². The van der Waals surface area contributed by atoms with E-state index in [1.54, 1.807) is 30.3 Å². The van der Waals surface area contributed by atoms with Gasteiger partial charge in [-0.15, -0.1) is 0 Å². The molecule has 146 valence electrons. The third-order valence-electron chi connectivity index (χ3n) is 3.94. The highest BCUT2D eigenvalue weighted by Crippen LogP contribution is 2.26. The molecule has 0 saturated carbocycles. The first-order chi connectivity index (χ1) is 13.9. The highest BCUT2D eigenvalue weighted by molar-refractivity contribution is 6.39. The smallest absolute Gasteiger partial charge is 0.335 e. The van der Waals surface area contributed by atoms with E-state index in [1.165, 1.54) is 24.3 Å². The number of rotatable bonds is 6. The number of imide groups is 2. The summed E-state index contributed by atoms with van der Waals surface area (Å²) in [5.74, 6) is -1.25. The molecule has 1 saturated heterocycles. The van der Waals surface area contributed by atoms with E-state index in [9.17, 15) is 24.5 Å². The lowest BCUT2D eigenvalue weighted by Gasteiger charge is -2.26. The molecule has 0 aromatic heterocycles. The van der Waals surface area contributed by atoms with Gasteiger partial charge in [0.25, 0.3) is 17.5 Å². The molecule has 1 N–H and O–H groups in total. The molecule has 4 amide bonds. The van der Waals surface area contributed by atoms with Gasteiger partial charge < -0.3 is 4.74 Å². The van der Waals surface area contributed by atoms with E-state index >= 15 is 0 Å². The van der Waals surface area contributed by atoms with Crippen molar-refractivity contribution in [2.75, 3.05) is 11.5 Å². The van der Waals surface area contributed by atoms with Crippen LogP contribution in [0.5, 0.6) is 5.75 Å². The first-order valence-corrected chi connectivity index (χ1v) is 8.40. The lowest BCUT2D eigenvalue weighted by Crippen LogP contribution is -2.54. The standard InChI is InChI=1S/C20H15N3O6/c1-2-9-29-16-8-3-5-13(10-16)11-17-18(24)21-20(26)22(19(17)25)14-6-4-7-15(12-14)23(27)28/h2-8,10-12H,1,9H2,(H,21,24,26)/b17-11-. The highest BCUT2D eigenvalue weighted by atomic mass is 16.6. The van der Waals surface area contributed by atoms with Crippen molar-refractivity contribution in [2.45, 2.75) is 0 Å². The number of hydrogen-bond acceptors (Lipinski definition) is 6. The summed E-state index contributed by atoms with van der Waals surface area (Å²) in [5.41, 5.74) is -0.115. The molecule has 0 aliphatic carbocycles. The molecule has 9 heteroatoms. The Morgan fingerprint density at radius 2 is 1.90 bits per heavy atom. The number of carbonyl (C=O) groups is 3. The van der Waals surface area contributed by atoms with Crippen LogP contribution in [0.1, 0.15) is 5.56 Å². The Balaban J connectivity index is 1.97. The van der Waals surface area contributed by atoms with Gasteiger partial charge in [0.1, 0.15) is 17.9 Å². The maximum absolute atomic E-state index is 12.9. The fraction of sp³-hybridized carbons (Fsp3) is 0.0500. The van der Waals surface area contributed by atoms with Crippen molar-refractivity contribution in [3.05, 3.63) is 82.4 Å². The molecule has 0 radical (unpaired) electrons. The number of barbiturate groups is 1. The summed E-state index contributed by atoms with van der Waals surface area (Å²) in [4.78, 5) is 48.3. The minimum absolute atomic E-state index is 0.0248. The monoisotopic (exact) mass is 393 g/mol. The summed E-state index contributed by atoms with van der Waals surface area (Å²) >= 11 is 0. The van der Waals surface area contributed by atoms with Gasteiger partial charge in [-0.25, -0.2) is 9.69 Å². The van der Waals surface area contributed by atoms with Crippen LogP contribution in [-0.4, -0.2) is 29.4 Å². The van der Waals surface area contributed by atoms with Crippen molar-refractivity contribution in [3.63, 3.8) is 0 Å². The van der Waals surface area contributed by atoms with Gasteiger partial charge in [0.05, 0.1) is 10.6 Å². The number of anilines is 1. The number of carbonyl (C=O) groups excluding carboxylic acids is 3. The van der Waals surface area contributed by atoms with Gasteiger partial charge >= 0.3 is 6.03 Å². The molecule has 1 fully saturated rings. The molecule has 2 aromatic rings. The number of urea groups is 1. The molecule has 0 atom stereocenters. The Hall–Kier alpha value is -4.27. The van der Waals surface area contributed by atoms with Crippen LogP contribution in [0.3, 0.4) is 0 Å². The third-order valence-corrected chi connectivity index (χ3v) is 3.94. The predicted molar refractivity (Wildman–Crippen MR) is 104 cm³/mol. The van der Waals surface area contributed by atoms with Gasteiger partial charge in [-0.05, 0) is 29.8 Å². The van der Waals surface area contributed by atoms with Gasteiger partial charge in [-0.2, -0.15) is 0 Å². The number of benzene rings is 2. The van der Waals surface area contributed by atoms with Crippen molar-refractivity contribution in [1.29, 1.82) is 0 Å². The lowest BCUT2D eigenvalue weighted by atomic mass is 10.1. The van der Waals surface area contributed by atoms with Crippen LogP contribution in [-0.2, 0) is 9.59 Å². The minimum atomic E-state index is -0.985. The maximum atomic E-state index is 12.9. The molecular weight excluding hydrogens is 378 g/mol. The maximum Gasteiger partial charge on any atom is 0.335 e. The number of nitrogens with zero attached hydrogens (tertiary/aromatic N) is 2. The van der Waals surface area contributed by atoms with E-state index in [1.807, 2.05) is 0 Å². The second-order valence-electron chi connectivity index (χ2n) is 5.91.